The molecule has 0 saturated carbocycles. The van der Waals surface area contributed by atoms with Crippen molar-refractivity contribution in [2.24, 2.45) is 0 Å². The van der Waals surface area contributed by atoms with Gasteiger partial charge >= 0.3 is 0 Å². The Bertz CT molecular complexity index is 1310. The van der Waals surface area contributed by atoms with E-state index in [1.165, 1.54) is 0 Å². The molecular weight excluding hydrogens is 422 g/mol. The summed E-state index contributed by atoms with van der Waals surface area (Å²) in [6, 6.07) is 27.0. The van der Waals surface area contributed by atoms with E-state index in [0.717, 1.165) is 11.3 Å². The molecule has 0 radical (unpaired) electrons. The molecule has 4 rings (SSSR count). The molecule has 0 saturated heterocycles. The van der Waals surface area contributed by atoms with Gasteiger partial charge in [0.25, 0.3) is 0 Å². The summed E-state index contributed by atoms with van der Waals surface area (Å²) < 4.78 is 12.4. The molecule has 6 heteroatoms. The van der Waals surface area contributed by atoms with Crippen LogP contribution < -0.4 is 9.47 Å². The quantitative estimate of drug-likeness (QED) is 0.330. The molecule has 0 aliphatic carbocycles. The van der Waals surface area contributed by atoms with E-state index in [0.29, 0.717) is 39.0 Å². The van der Waals surface area contributed by atoms with Crippen molar-refractivity contribution in [3.63, 3.8) is 0 Å². The maximum Gasteiger partial charge on any atom is 0.161 e. The van der Waals surface area contributed by atoms with E-state index in [1.54, 1.807) is 37.1 Å². The highest BCUT2D eigenvalue weighted by atomic mass is 35.5. The number of para-hydroxylation sites is 1. The summed E-state index contributed by atoms with van der Waals surface area (Å²) in [7, 11) is 3.13. The number of hydrogen-bond donors (Lipinski definition) is 0. The van der Waals surface area contributed by atoms with Crippen molar-refractivity contribution >= 4 is 23.3 Å². The van der Waals surface area contributed by atoms with Crippen LogP contribution in [0.4, 0.5) is 0 Å². The van der Waals surface area contributed by atoms with Gasteiger partial charge in [0.05, 0.1) is 31.5 Å². The fourth-order valence-corrected chi connectivity index (χ4v) is 3.69. The minimum atomic E-state index is 0.420. The topological polar surface area (TPSA) is 60.1 Å². The van der Waals surface area contributed by atoms with Crippen LogP contribution in [0.5, 0.6) is 11.5 Å². The van der Waals surface area contributed by atoms with E-state index in [2.05, 4.69) is 6.07 Å². The van der Waals surface area contributed by atoms with Gasteiger partial charge in [-0.15, -0.1) is 0 Å². The molecule has 0 unspecified atom stereocenters. The molecule has 32 heavy (non-hydrogen) atoms. The second-order valence-electron chi connectivity index (χ2n) is 6.91. The average molecular weight is 442 g/mol. The number of methoxy groups -OCH3 is 2. The van der Waals surface area contributed by atoms with Crippen molar-refractivity contribution in [2.45, 2.75) is 0 Å². The predicted octanol–water partition coefficient (Wildman–Crippen LogP) is 6.27. The van der Waals surface area contributed by atoms with Gasteiger partial charge in [-0.3, -0.25) is 0 Å². The third kappa shape index (κ3) is 4.09. The second-order valence-corrected chi connectivity index (χ2v) is 7.26. The number of hydrogen-bond acceptors (Lipinski definition) is 4. The lowest BCUT2D eigenvalue weighted by molar-refractivity contribution is 0.355. The Balaban J connectivity index is 1.91. The van der Waals surface area contributed by atoms with Crippen molar-refractivity contribution in [2.75, 3.05) is 14.2 Å². The number of nitriles is 1. The molecule has 1 aromatic heterocycles. The third-order valence-corrected chi connectivity index (χ3v) is 5.38. The SMILES string of the molecule is COc1ccc(/C(C#N)=C/c2c(-c3ccccc3)nn(-c3ccccc3)c2Cl)cc1OC. The van der Waals surface area contributed by atoms with E-state index in [4.69, 9.17) is 26.2 Å². The average Bonchev–Trinajstić information content (AvgIpc) is 3.18. The van der Waals surface area contributed by atoms with E-state index in [-0.39, 0.29) is 0 Å². The molecule has 1 heterocycles. The van der Waals surface area contributed by atoms with E-state index >= 15 is 0 Å². The Kier molecular flexibility index (Phi) is 6.25. The maximum atomic E-state index is 9.95. The molecule has 0 fully saturated rings. The number of ether oxygens (including phenoxy) is 2. The first-order valence-corrected chi connectivity index (χ1v) is 10.3. The monoisotopic (exact) mass is 441 g/mol. The number of halogens is 1. The van der Waals surface area contributed by atoms with Gasteiger partial charge in [0.2, 0.25) is 0 Å². The Morgan fingerprint density at radius 1 is 0.938 bits per heavy atom. The largest absolute Gasteiger partial charge is 0.493 e. The van der Waals surface area contributed by atoms with Crippen LogP contribution in [0.3, 0.4) is 0 Å². The van der Waals surface area contributed by atoms with Gasteiger partial charge in [-0.2, -0.15) is 10.4 Å². The maximum absolute atomic E-state index is 9.95. The van der Waals surface area contributed by atoms with Crippen molar-refractivity contribution in [3.8, 4) is 34.5 Å². The fourth-order valence-electron chi connectivity index (χ4n) is 3.42. The Morgan fingerprint density at radius 3 is 2.22 bits per heavy atom. The molecule has 3 aromatic carbocycles. The molecule has 0 bridgehead atoms. The van der Waals surface area contributed by atoms with Gasteiger partial charge in [-0.1, -0.05) is 60.1 Å². The lowest BCUT2D eigenvalue weighted by Crippen LogP contribution is -1.96. The van der Waals surface area contributed by atoms with Gasteiger partial charge in [0.15, 0.2) is 11.5 Å². The van der Waals surface area contributed by atoms with Crippen LogP contribution in [0.1, 0.15) is 11.1 Å². The van der Waals surface area contributed by atoms with Crippen LogP contribution in [0.15, 0.2) is 78.9 Å². The molecular formula is C26H20ClN3O2. The van der Waals surface area contributed by atoms with Crippen LogP contribution in [-0.4, -0.2) is 24.0 Å². The van der Waals surface area contributed by atoms with Gasteiger partial charge in [-0.05, 0) is 42.0 Å². The van der Waals surface area contributed by atoms with Crippen LogP contribution in [-0.2, 0) is 0 Å². The van der Waals surface area contributed by atoms with Crippen molar-refractivity contribution in [1.29, 1.82) is 5.26 Å². The van der Waals surface area contributed by atoms with E-state index in [9.17, 15) is 5.26 Å². The summed E-state index contributed by atoms with van der Waals surface area (Å²) in [5.74, 6) is 1.13. The number of rotatable bonds is 6. The zero-order valence-corrected chi connectivity index (χ0v) is 18.4. The first kappa shape index (κ1) is 21.2. The normalized spacial score (nSPS) is 11.1. The van der Waals surface area contributed by atoms with Crippen molar-refractivity contribution in [3.05, 3.63) is 95.1 Å². The fraction of sp³-hybridized carbons (Fsp3) is 0.0769. The standard InChI is InChI=1S/C26H20ClN3O2/c1-31-23-14-13-19(16-24(23)32-2)20(17-28)15-22-25(18-9-5-3-6-10-18)29-30(26(22)27)21-11-7-4-8-12-21/h3-16H,1-2H3/b20-15+. The second kappa shape index (κ2) is 9.42. The molecule has 0 atom stereocenters. The summed E-state index contributed by atoms with van der Waals surface area (Å²) in [6.45, 7) is 0. The van der Waals surface area contributed by atoms with Crippen LogP contribution in [0, 0.1) is 11.3 Å². The lowest BCUT2D eigenvalue weighted by Gasteiger charge is -2.09. The zero-order valence-electron chi connectivity index (χ0n) is 17.6. The van der Waals surface area contributed by atoms with Crippen LogP contribution >= 0.6 is 11.6 Å². The summed E-state index contributed by atoms with van der Waals surface area (Å²) in [4.78, 5) is 0. The van der Waals surface area contributed by atoms with E-state index in [1.807, 2.05) is 66.7 Å². The first-order chi connectivity index (χ1) is 15.7. The highest BCUT2D eigenvalue weighted by molar-refractivity contribution is 6.32. The minimum Gasteiger partial charge on any atom is -0.493 e. The van der Waals surface area contributed by atoms with Crippen molar-refractivity contribution < 1.29 is 9.47 Å². The molecule has 158 valence electrons. The van der Waals surface area contributed by atoms with Gasteiger partial charge in [0.1, 0.15) is 10.8 Å². The third-order valence-electron chi connectivity index (χ3n) is 5.01. The minimum absolute atomic E-state index is 0.420. The molecule has 0 aliphatic heterocycles. The predicted molar refractivity (Wildman–Crippen MR) is 127 cm³/mol. The number of benzene rings is 3. The number of aromatic nitrogens is 2. The van der Waals surface area contributed by atoms with Crippen LogP contribution in [0.2, 0.25) is 5.15 Å². The molecule has 4 aromatic rings. The van der Waals surface area contributed by atoms with Gasteiger partial charge < -0.3 is 9.47 Å². The van der Waals surface area contributed by atoms with Crippen molar-refractivity contribution in [1.82, 2.24) is 9.78 Å². The molecule has 0 N–H and O–H groups in total. The summed E-state index contributed by atoms with van der Waals surface area (Å²) in [6.07, 6.45) is 1.76. The first-order valence-electron chi connectivity index (χ1n) is 9.89. The smallest absolute Gasteiger partial charge is 0.161 e. The van der Waals surface area contributed by atoms with Crippen LogP contribution in [0.25, 0.3) is 28.6 Å². The number of allylic oxidation sites excluding steroid dienone is 1. The number of nitrogens with zero attached hydrogens (tertiary/aromatic N) is 3. The van der Waals surface area contributed by atoms with E-state index < -0.39 is 0 Å². The zero-order chi connectivity index (χ0) is 22.5. The Labute approximate surface area is 191 Å². The van der Waals surface area contributed by atoms with Gasteiger partial charge in [-0.25, -0.2) is 4.68 Å². The van der Waals surface area contributed by atoms with Gasteiger partial charge in [0, 0.05) is 11.1 Å². The summed E-state index contributed by atoms with van der Waals surface area (Å²) in [5, 5.41) is 15.1. The molecule has 5 nitrogen and oxygen atoms in total. The molecule has 0 aliphatic rings. The molecule has 0 amide bonds. The Morgan fingerprint density at radius 2 is 1.59 bits per heavy atom. The highest BCUT2D eigenvalue weighted by Crippen LogP contribution is 2.35. The lowest BCUT2D eigenvalue weighted by atomic mass is 10.0. The molecule has 0 spiro atoms. The summed E-state index contributed by atoms with van der Waals surface area (Å²) >= 11 is 6.81. The highest BCUT2D eigenvalue weighted by Gasteiger charge is 2.19. The Hall–Kier alpha value is -4.01. The summed E-state index contributed by atoms with van der Waals surface area (Å²) in [5.41, 5.74) is 4.20.